The molecule has 3 rings (SSSR count). The third-order valence-electron chi connectivity index (χ3n) is 5.41. The predicted octanol–water partition coefficient (Wildman–Crippen LogP) is 5.25. The molecule has 1 saturated heterocycles. The normalized spacial score (nSPS) is 14.2. The van der Waals surface area contributed by atoms with Crippen molar-refractivity contribution in [2.75, 3.05) is 48.9 Å². The topological polar surface area (TPSA) is 82.7 Å². The zero-order valence-corrected chi connectivity index (χ0v) is 19.7. The van der Waals surface area contributed by atoms with E-state index < -0.39 is 6.03 Å². The molecule has 3 amide bonds. The van der Waals surface area contributed by atoms with Crippen molar-refractivity contribution in [1.82, 2.24) is 5.32 Å². The lowest BCUT2D eigenvalue weighted by Gasteiger charge is -2.33. The van der Waals surface area contributed by atoms with Gasteiger partial charge in [-0.05, 0) is 49.1 Å². The van der Waals surface area contributed by atoms with Gasteiger partial charge in [0.05, 0.1) is 27.9 Å². The monoisotopic (exact) mass is 478 g/mol. The van der Waals surface area contributed by atoms with E-state index in [0.29, 0.717) is 41.0 Å². The van der Waals surface area contributed by atoms with E-state index in [1.54, 1.807) is 37.4 Å². The van der Waals surface area contributed by atoms with Crippen LogP contribution in [0, 0.1) is 5.92 Å². The molecule has 1 aliphatic rings. The maximum absolute atomic E-state index is 12.9. The number of hydrogen-bond donors (Lipinski definition) is 3. The quantitative estimate of drug-likeness (QED) is 0.474. The predicted molar refractivity (Wildman–Crippen MR) is 130 cm³/mol. The van der Waals surface area contributed by atoms with Crippen molar-refractivity contribution >= 4 is 52.2 Å². The summed E-state index contributed by atoms with van der Waals surface area (Å²) in [6.45, 7) is 4.84. The van der Waals surface area contributed by atoms with Gasteiger partial charge in [0.25, 0.3) is 5.91 Å². The Morgan fingerprint density at radius 1 is 1.12 bits per heavy atom. The number of urea groups is 1. The van der Waals surface area contributed by atoms with Crippen LogP contribution in [-0.4, -0.2) is 45.3 Å². The smallest absolute Gasteiger partial charge is 0.323 e. The second kappa shape index (κ2) is 11.4. The number of nitrogens with zero attached hydrogens (tertiary/aromatic N) is 1. The second-order valence-corrected chi connectivity index (χ2v) is 8.62. The molecule has 172 valence electrons. The van der Waals surface area contributed by atoms with Gasteiger partial charge in [-0.15, -0.1) is 0 Å². The molecule has 3 N–H and O–H groups in total. The van der Waals surface area contributed by atoms with Gasteiger partial charge in [-0.3, -0.25) is 4.79 Å². The molecule has 7 nitrogen and oxygen atoms in total. The number of nitrogens with one attached hydrogen (secondary N) is 3. The Bertz CT molecular complexity index is 962. The van der Waals surface area contributed by atoms with Gasteiger partial charge < -0.3 is 25.6 Å². The van der Waals surface area contributed by atoms with E-state index in [1.807, 2.05) is 6.07 Å². The van der Waals surface area contributed by atoms with E-state index >= 15 is 0 Å². The maximum atomic E-state index is 12.9. The highest BCUT2D eigenvalue weighted by Crippen LogP contribution is 2.31. The Hall–Kier alpha value is -2.48. The molecule has 0 aromatic heterocycles. The van der Waals surface area contributed by atoms with Gasteiger partial charge in [0.2, 0.25) is 0 Å². The van der Waals surface area contributed by atoms with Gasteiger partial charge in [-0.2, -0.15) is 0 Å². The maximum Gasteiger partial charge on any atom is 0.323 e. The molecule has 2 aromatic carbocycles. The molecule has 0 unspecified atom stereocenters. The first kappa shape index (κ1) is 24.2. The van der Waals surface area contributed by atoms with Crippen LogP contribution in [0.2, 0.25) is 10.0 Å². The molecule has 9 heteroatoms. The summed E-state index contributed by atoms with van der Waals surface area (Å²) in [6.07, 6.45) is 2.15. The summed E-state index contributed by atoms with van der Waals surface area (Å²) in [7, 11) is 1.59. The average Bonchev–Trinajstić information content (AvgIpc) is 2.77. The summed E-state index contributed by atoms with van der Waals surface area (Å²) in [4.78, 5) is 27.6. The van der Waals surface area contributed by atoms with Crippen LogP contribution in [0.5, 0.6) is 0 Å². The van der Waals surface area contributed by atoms with E-state index in [1.165, 1.54) is 0 Å². The number of ether oxygens (including phenoxy) is 1. The van der Waals surface area contributed by atoms with Crippen molar-refractivity contribution < 1.29 is 14.3 Å². The number of benzene rings is 2. The summed E-state index contributed by atoms with van der Waals surface area (Å²) in [5.41, 5.74) is 2.25. The third kappa shape index (κ3) is 6.28. The summed E-state index contributed by atoms with van der Waals surface area (Å²) < 4.78 is 5.03. The standard InChI is InChI=1S/C23H28Cl2N4O3/c1-15-8-11-29(12-9-15)20-7-6-16(14-17(20)22(30)26-10-13-32-2)27-23(31)28-19-5-3-4-18(24)21(19)25/h3-7,14-15H,8-13H2,1-2H3,(H,26,30)(H2,27,28,31). The van der Waals surface area contributed by atoms with Crippen molar-refractivity contribution in [3.05, 3.63) is 52.0 Å². The lowest BCUT2D eigenvalue weighted by Crippen LogP contribution is -2.35. The van der Waals surface area contributed by atoms with Crippen LogP contribution in [0.25, 0.3) is 0 Å². The fraction of sp³-hybridized carbons (Fsp3) is 0.391. The van der Waals surface area contributed by atoms with E-state index in [9.17, 15) is 9.59 Å². The molecule has 0 radical (unpaired) electrons. The Labute approximate surface area is 198 Å². The number of carbonyl (C=O) groups is 2. The van der Waals surface area contributed by atoms with Crippen LogP contribution in [0.3, 0.4) is 0 Å². The Morgan fingerprint density at radius 2 is 1.88 bits per heavy atom. The molecule has 0 aliphatic carbocycles. The summed E-state index contributed by atoms with van der Waals surface area (Å²) in [5, 5.41) is 8.92. The number of rotatable bonds is 7. The molecule has 0 atom stereocenters. The molecular weight excluding hydrogens is 451 g/mol. The van der Waals surface area contributed by atoms with Gasteiger partial charge in [-0.1, -0.05) is 36.2 Å². The second-order valence-electron chi connectivity index (χ2n) is 7.83. The molecule has 0 saturated carbocycles. The van der Waals surface area contributed by atoms with Crippen molar-refractivity contribution in [2.45, 2.75) is 19.8 Å². The first-order chi connectivity index (χ1) is 15.4. The van der Waals surface area contributed by atoms with Crippen molar-refractivity contribution in [3.8, 4) is 0 Å². The summed E-state index contributed by atoms with van der Waals surface area (Å²) in [6, 6.07) is 9.86. The minimum Gasteiger partial charge on any atom is -0.383 e. The minimum atomic E-state index is -0.487. The SMILES string of the molecule is COCCNC(=O)c1cc(NC(=O)Nc2cccc(Cl)c2Cl)ccc1N1CCC(C)CC1. The minimum absolute atomic E-state index is 0.211. The van der Waals surface area contributed by atoms with E-state index in [0.717, 1.165) is 31.6 Å². The first-order valence-electron chi connectivity index (χ1n) is 10.6. The highest BCUT2D eigenvalue weighted by molar-refractivity contribution is 6.44. The fourth-order valence-corrected chi connectivity index (χ4v) is 3.92. The number of halogens is 2. The van der Waals surface area contributed by atoms with Gasteiger partial charge >= 0.3 is 6.03 Å². The van der Waals surface area contributed by atoms with Gasteiger partial charge in [0, 0.05) is 38.1 Å². The third-order valence-corrected chi connectivity index (χ3v) is 6.23. The van der Waals surface area contributed by atoms with Crippen LogP contribution in [0.15, 0.2) is 36.4 Å². The molecule has 32 heavy (non-hydrogen) atoms. The van der Waals surface area contributed by atoms with Crippen molar-refractivity contribution in [1.29, 1.82) is 0 Å². The summed E-state index contributed by atoms with van der Waals surface area (Å²) in [5.74, 6) is 0.464. The molecule has 0 bridgehead atoms. The van der Waals surface area contributed by atoms with E-state index in [2.05, 4.69) is 27.8 Å². The van der Waals surface area contributed by atoms with E-state index in [-0.39, 0.29) is 10.9 Å². The Balaban J connectivity index is 1.78. The molecule has 1 aliphatic heterocycles. The van der Waals surface area contributed by atoms with E-state index in [4.69, 9.17) is 27.9 Å². The summed E-state index contributed by atoms with van der Waals surface area (Å²) >= 11 is 12.1. The van der Waals surface area contributed by atoms with Crippen LogP contribution in [0.4, 0.5) is 21.9 Å². The molecule has 2 aromatic rings. The first-order valence-corrected chi connectivity index (χ1v) is 11.3. The van der Waals surface area contributed by atoms with Crippen molar-refractivity contribution in [3.63, 3.8) is 0 Å². The van der Waals surface area contributed by atoms with Gasteiger partial charge in [0.1, 0.15) is 0 Å². The lowest BCUT2D eigenvalue weighted by molar-refractivity contribution is 0.0937. The number of hydrogen-bond acceptors (Lipinski definition) is 4. The lowest BCUT2D eigenvalue weighted by atomic mass is 9.98. The molecule has 0 spiro atoms. The molecule has 1 fully saturated rings. The number of amides is 3. The largest absolute Gasteiger partial charge is 0.383 e. The number of carbonyl (C=O) groups excluding carboxylic acids is 2. The van der Waals surface area contributed by atoms with Crippen LogP contribution in [-0.2, 0) is 4.74 Å². The molecule has 1 heterocycles. The highest BCUT2D eigenvalue weighted by Gasteiger charge is 2.22. The van der Waals surface area contributed by atoms with Crippen LogP contribution in [0.1, 0.15) is 30.1 Å². The number of piperidine rings is 1. The van der Waals surface area contributed by atoms with Crippen molar-refractivity contribution in [2.24, 2.45) is 5.92 Å². The highest BCUT2D eigenvalue weighted by atomic mass is 35.5. The Kier molecular flexibility index (Phi) is 8.61. The van der Waals surface area contributed by atoms with Crippen LogP contribution >= 0.6 is 23.2 Å². The number of anilines is 3. The van der Waals surface area contributed by atoms with Gasteiger partial charge in [0.15, 0.2) is 0 Å². The fourth-order valence-electron chi connectivity index (χ4n) is 3.57. The zero-order valence-electron chi connectivity index (χ0n) is 18.2. The molecular formula is C23H28Cl2N4O3. The Morgan fingerprint density at radius 3 is 2.59 bits per heavy atom. The zero-order chi connectivity index (χ0) is 23.1. The van der Waals surface area contributed by atoms with Crippen LogP contribution < -0.4 is 20.9 Å². The number of methoxy groups -OCH3 is 1. The van der Waals surface area contributed by atoms with Gasteiger partial charge in [-0.25, -0.2) is 4.79 Å². The average molecular weight is 479 g/mol.